The highest BCUT2D eigenvalue weighted by Gasteiger charge is 2.20. The number of nitrogens with zero attached hydrogens (tertiary/aromatic N) is 2. The molecule has 6 nitrogen and oxygen atoms in total. The number of para-hydroxylation sites is 1. The summed E-state index contributed by atoms with van der Waals surface area (Å²) >= 11 is 3.31. The smallest absolute Gasteiger partial charge is 0.242 e. The van der Waals surface area contributed by atoms with E-state index < -0.39 is 10.0 Å². The first-order chi connectivity index (χ1) is 13.9. The van der Waals surface area contributed by atoms with E-state index in [4.69, 9.17) is 0 Å². The van der Waals surface area contributed by atoms with Crippen LogP contribution >= 0.6 is 23.1 Å². The number of thiazole rings is 1. The van der Waals surface area contributed by atoms with Gasteiger partial charge in [-0.25, -0.2) is 17.7 Å². The van der Waals surface area contributed by atoms with Crippen LogP contribution in [-0.4, -0.2) is 43.5 Å². The number of hydrogen-bond acceptors (Lipinski definition) is 6. The highest BCUT2D eigenvalue weighted by Crippen LogP contribution is 2.29. The molecule has 0 bridgehead atoms. The van der Waals surface area contributed by atoms with E-state index in [-0.39, 0.29) is 17.3 Å². The number of carbonyl (C=O) groups is 1. The lowest BCUT2D eigenvalue weighted by atomic mass is 10.2. The van der Waals surface area contributed by atoms with Crippen LogP contribution in [0.4, 0.5) is 0 Å². The summed E-state index contributed by atoms with van der Waals surface area (Å²) in [4.78, 5) is 17.0. The van der Waals surface area contributed by atoms with Gasteiger partial charge < -0.3 is 5.32 Å². The largest absolute Gasteiger partial charge is 0.352 e. The van der Waals surface area contributed by atoms with Crippen molar-refractivity contribution in [1.82, 2.24) is 14.6 Å². The van der Waals surface area contributed by atoms with E-state index in [1.54, 1.807) is 47.4 Å². The van der Waals surface area contributed by atoms with Gasteiger partial charge in [0.1, 0.15) is 0 Å². The second kappa shape index (κ2) is 9.71. The van der Waals surface area contributed by atoms with Crippen LogP contribution in [0.5, 0.6) is 0 Å². The normalized spacial score (nSPS) is 11.8. The van der Waals surface area contributed by atoms with E-state index in [0.29, 0.717) is 12.0 Å². The van der Waals surface area contributed by atoms with Crippen molar-refractivity contribution >= 4 is 49.2 Å². The molecular weight excluding hydrogens is 426 g/mol. The Hall–Kier alpha value is -1.94. The van der Waals surface area contributed by atoms with Crippen molar-refractivity contribution in [2.45, 2.75) is 28.6 Å². The molecule has 0 spiro atoms. The monoisotopic (exact) mass is 449 g/mol. The minimum Gasteiger partial charge on any atom is -0.352 e. The molecule has 1 amide bonds. The van der Waals surface area contributed by atoms with Crippen molar-refractivity contribution < 1.29 is 13.2 Å². The van der Waals surface area contributed by atoms with Crippen molar-refractivity contribution in [3.8, 4) is 0 Å². The summed E-state index contributed by atoms with van der Waals surface area (Å²) in [6.07, 6.45) is 1.12. The van der Waals surface area contributed by atoms with Crippen LogP contribution in [0.15, 0.2) is 57.8 Å². The number of fused-ring (bicyclic) bond motifs is 1. The molecule has 0 aliphatic heterocycles. The topological polar surface area (TPSA) is 79.4 Å². The maximum Gasteiger partial charge on any atom is 0.242 e. The van der Waals surface area contributed by atoms with Crippen molar-refractivity contribution in [3.05, 3.63) is 54.1 Å². The van der Waals surface area contributed by atoms with Crippen LogP contribution in [0.2, 0.25) is 0 Å². The summed E-state index contributed by atoms with van der Waals surface area (Å²) in [6.45, 7) is 0.188. The number of amides is 1. The van der Waals surface area contributed by atoms with E-state index in [2.05, 4.69) is 16.4 Å². The van der Waals surface area contributed by atoms with Gasteiger partial charge in [0.05, 0.1) is 15.1 Å². The summed E-state index contributed by atoms with van der Waals surface area (Å²) in [5.74, 6) is 0.714. The van der Waals surface area contributed by atoms with Crippen molar-refractivity contribution in [2.24, 2.45) is 0 Å². The first kappa shape index (κ1) is 21.8. The second-order valence-electron chi connectivity index (χ2n) is 6.57. The van der Waals surface area contributed by atoms with E-state index in [0.717, 1.165) is 22.0 Å². The van der Waals surface area contributed by atoms with Gasteiger partial charge in [-0.05, 0) is 30.2 Å². The average molecular weight is 450 g/mol. The van der Waals surface area contributed by atoms with E-state index >= 15 is 0 Å². The number of aromatic nitrogens is 1. The maximum atomic E-state index is 12.4. The Balaban J connectivity index is 1.47. The third-order valence-electron chi connectivity index (χ3n) is 4.26. The molecular formula is C20H23N3O3S3. The highest BCUT2D eigenvalue weighted by atomic mass is 32.2. The molecule has 0 aliphatic carbocycles. The molecule has 0 saturated heterocycles. The fourth-order valence-electron chi connectivity index (χ4n) is 2.69. The lowest BCUT2D eigenvalue weighted by Gasteiger charge is -2.15. The lowest BCUT2D eigenvalue weighted by Crippen LogP contribution is -2.27. The zero-order valence-corrected chi connectivity index (χ0v) is 18.7. The summed E-state index contributed by atoms with van der Waals surface area (Å²) in [5.41, 5.74) is 1.59. The number of sulfonamides is 1. The Labute approximate surface area is 179 Å². The van der Waals surface area contributed by atoms with Gasteiger partial charge in [0.15, 0.2) is 4.34 Å². The van der Waals surface area contributed by atoms with Crippen LogP contribution in [0.3, 0.4) is 0 Å². The van der Waals surface area contributed by atoms with E-state index in [1.807, 2.05) is 18.2 Å². The van der Waals surface area contributed by atoms with Gasteiger partial charge in [-0.3, -0.25) is 4.79 Å². The number of hydrogen-bond donors (Lipinski definition) is 1. The van der Waals surface area contributed by atoms with Gasteiger partial charge in [0, 0.05) is 32.8 Å². The Morgan fingerprint density at radius 3 is 2.62 bits per heavy atom. The number of rotatable bonds is 9. The first-order valence-corrected chi connectivity index (χ1v) is 12.4. The lowest BCUT2D eigenvalue weighted by molar-refractivity contribution is -0.121. The SMILES string of the molecule is CN(C)S(=O)(=O)c1ccccc1CNC(=O)CCCSc1nc2ccccc2s1. The van der Waals surface area contributed by atoms with Crippen LogP contribution < -0.4 is 5.32 Å². The third-order valence-corrected chi connectivity index (χ3v) is 8.44. The molecule has 0 atom stereocenters. The molecule has 1 N–H and O–H groups in total. The molecule has 0 fully saturated rings. The molecule has 0 saturated carbocycles. The zero-order chi connectivity index (χ0) is 20.9. The van der Waals surface area contributed by atoms with Crippen molar-refractivity contribution in [1.29, 1.82) is 0 Å². The number of nitrogens with one attached hydrogen (secondary N) is 1. The molecule has 1 heterocycles. The van der Waals surface area contributed by atoms with Crippen LogP contribution in [-0.2, 0) is 21.4 Å². The van der Waals surface area contributed by atoms with Gasteiger partial charge in [0.2, 0.25) is 15.9 Å². The summed E-state index contributed by atoms with van der Waals surface area (Å²) in [5, 5.41) is 2.83. The first-order valence-electron chi connectivity index (χ1n) is 9.13. The second-order valence-corrected chi connectivity index (χ2v) is 11.1. The Morgan fingerprint density at radius 1 is 1.14 bits per heavy atom. The fourth-order valence-corrected chi connectivity index (χ4v) is 5.88. The molecule has 1 aromatic heterocycles. The van der Waals surface area contributed by atoms with Crippen molar-refractivity contribution in [2.75, 3.05) is 19.8 Å². The predicted molar refractivity (Wildman–Crippen MR) is 119 cm³/mol. The minimum atomic E-state index is -3.55. The van der Waals surface area contributed by atoms with Crippen molar-refractivity contribution in [3.63, 3.8) is 0 Å². The average Bonchev–Trinajstić information content (AvgIpc) is 3.12. The number of benzene rings is 2. The molecule has 3 rings (SSSR count). The number of carbonyl (C=O) groups excluding carboxylic acids is 1. The van der Waals surface area contributed by atoms with Crippen LogP contribution in [0.25, 0.3) is 10.2 Å². The molecule has 0 unspecified atom stereocenters. The summed E-state index contributed by atoms with van der Waals surface area (Å²) in [7, 11) is -0.558. The summed E-state index contributed by atoms with van der Waals surface area (Å²) < 4.78 is 28.2. The van der Waals surface area contributed by atoms with E-state index in [9.17, 15) is 13.2 Å². The Morgan fingerprint density at radius 2 is 1.86 bits per heavy atom. The highest BCUT2D eigenvalue weighted by molar-refractivity contribution is 8.01. The van der Waals surface area contributed by atoms with E-state index in [1.165, 1.54) is 23.1 Å². The van der Waals surface area contributed by atoms with Gasteiger partial charge in [-0.1, -0.05) is 42.1 Å². The molecule has 29 heavy (non-hydrogen) atoms. The third kappa shape index (κ3) is 5.57. The van der Waals surface area contributed by atoms with Gasteiger partial charge >= 0.3 is 0 Å². The Bertz CT molecular complexity index is 1060. The summed E-state index contributed by atoms with van der Waals surface area (Å²) in [6, 6.07) is 14.8. The van der Waals surface area contributed by atoms with Gasteiger partial charge in [-0.2, -0.15) is 0 Å². The van der Waals surface area contributed by atoms with Crippen LogP contribution in [0, 0.1) is 0 Å². The Kier molecular flexibility index (Phi) is 7.28. The molecule has 3 aromatic rings. The maximum absolute atomic E-state index is 12.4. The quantitative estimate of drug-likeness (QED) is 0.398. The molecule has 9 heteroatoms. The molecule has 2 aromatic carbocycles. The fraction of sp³-hybridized carbons (Fsp3) is 0.300. The molecule has 154 valence electrons. The standard InChI is InChI=1S/C20H23N3O3S3/c1-23(2)29(25,26)18-11-6-3-8-15(18)14-21-19(24)12-7-13-27-20-22-16-9-4-5-10-17(16)28-20/h3-6,8-11H,7,12-14H2,1-2H3,(H,21,24). The number of thioether (sulfide) groups is 1. The molecule has 0 aliphatic rings. The van der Waals surface area contributed by atoms with Gasteiger partial charge in [0.25, 0.3) is 0 Å². The minimum absolute atomic E-state index is 0.0908. The van der Waals surface area contributed by atoms with Crippen LogP contribution in [0.1, 0.15) is 18.4 Å². The zero-order valence-electron chi connectivity index (χ0n) is 16.3. The van der Waals surface area contributed by atoms with Gasteiger partial charge in [-0.15, -0.1) is 11.3 Å². The molecule has 0 radical (unpaired) electrons. The predicted octanol–water partition coefficient (Wildman–Crippen LogP) is 3.74.